The summed E-state index contributed by atoms with van der Waals surface area (Å²) >= 11 is 0. The molecule has 0 bridgehead atoms. The summed E-state index contributed by atoms with van der Waals surface area (Å²) in [6, 6.07) is 3.03. The number of pyridine rings is 1. The van der Waals surface area contributed by atoms with E-state index in [1.54, 1.807) is 12.3 Å². The zero-order valence-corrected chi connectivity index (χ0v) is 7.03. The van der Waals surface area contributed by atoms with Crippen molar-refractivity contribution in [2.24, 2.45) is 5.73 Å². The van der Waals surface area contributed by atoms with Crippen molar-refractivity contribution in [1.82, 2.24) is 4.57 Å². The fraction of sp³-hybridized carbons (Fsp3) is 0.375. The van der Waals surface area contributed by atoms with Crippen molar-refractivity contribution in [3.05, 3.63) is 28.7 Å². The molecule has 1 atom stereocenters. The van der Waals surface area contributed by atoms with Crippen LogP contribution in [0, 0.1) is 0 Å². The van der Waals surface area contributed by atoms with Crippen molar-refractivity contribution in [2.75, 3.05) is 12.3 Å². The standard InChI is InChI=1S/C8H13N3O/c1-6(4-9)11-5-7(10)2-3-8(11)12/h2-3,5-6H,4,9-10H2,1H3. The Balaban J connectivity index is 3.13. The van der Waals surface area contributed by atoms with Crippen molar-refractivity contribution >= 4 is 5.69 Å². The fourth-order valence-electron chi connectivity index (χ4n) is 0.979. The normalized spacial score (nSPS) is 12.8. The van der Waals surface area contributed by atoms with Crippen LogP contribution in [0.25, 0.3) is 0 Å². The lowest BCUT2D eigenvalue weighted by Gasteiger charge is -2.12. The lowest BCUT2D eigenvalue weighted by atomic mass is 10.3. The molecule has 0 fully saturated rings. The van der Waals surface area contributed by atoms with Gasteiger partial charge in [-0.2, -0.15) is 0 Å². The van der Waals surface area contributed by atoms with Crippen LogP contribution < -0.4 is 17.0 Å². The third-order valence-corrected chi connectivity index (χ3v) is 1.78. The Morgan fingerprint density at radius 1 is 1.58 bits per heavy atom. The maximum Gasteiger partial charge on any atom is 0.250 e. The first-order valence-corrected chi connectivity index (χ1v) is 3.83. The van der Waals surface area contributed by atoms with Crippen LogP contribution in [0.4, 0.5) is 5.69 Å². The van der Waals surface area contributed by atoms with Gasteiger partial charge < -0.3 is 16.0 Å². The summed E-state index contributed by atoms with van der Waals surface area (Å²) in [7, 11) is 0. The molecule has 0 aromatic carbocycles. The molecule has 0 saturated carbocycles. The van der Waals surface area contributed by atoms with E-state index >= 15 is 0 Å². The second-order valence-corrected chi connectivity index (χ2v) is 2.79. The Kier molecular flexibility index (Phi) is 2.50. The fourth-order valence-corrected chi connectivity index (χ4v) is 0.979. The first-order valence-electron chi connectivity index (χ1n) is 3.83. The zero-order chi connectivity index (χ0) is 9.14. The van der Waals surface area contributed by atoms with Crippen LogP contribution in [0.2, 0.25) is 0 Å². The number of nitrogens with zero attached hydrogens (tertiary/aromatic N) is 1. The summed E-state index contributed by atoms with van der Waals surface area (Å²) in [4.78, 5) is 11.2. The highest BCUT2D eigenvalue weighted by atomic mass is 16.1. The van der Waals surface area contributed by atoms with Gasteiger partial charge in [-0.15, -0.1) is 0 Å². The molecular formula is C8H13N3O. The molecule has 1 unspecified atom stereocenters. The van der Waals surface area contributed by atoms with E-state index in [1.807, 2.05) is 6.92 Å². The highest BCUT2D eigenvalue weighted by Crippen LogP contribution is 2.02. The van der Waals surface area contributed by atoms with Gasteiger partial charge in [-0.05, 0) is 13.0 Å². The first kappa shape index (κ1) is 8.80. The molecule has 1 aromatic heterocycles. The average molecular weight is 167 g/mol. The van der Waals surface area contributed by atoms with Crippen molar-refractivity contribution in [2.45, 2.75) is 13.0 Å². The van der Waals surface area contributed by atoms with E-state index in [1.165, 1.54) is 10.6 Å². The van der Waals surface area contributed by atoms with Crippen molar-refractivity contribution in [1.29, 1.82) is 0 Å². The summed E-state index contributed by atoms with van der Waals surface area (Å²) in [5.74, 6) is 0. The maximum atomic E-state index is 11.2. The summed E-state index contributed by atoms with van der Waals surface area (Å²) in [5.41, 5.74) is 11.5. The Morgan fingerprint density at radius 2 is 2.25 bits per heavy atom. The smallest absolute Gasteiger partial charge is 0.250 e. The van der Waals surface area contributed by atoms with Crippen LogP contribution >= 0.6 is 0 Å². The number of hydrogen-bond donors (Lipinski definition) is 2. The minimum atomic E-state index is -0.0675. The van der Waals surface area contributed by atoms with Gasteiger partial charge >= 0.3 is 0 Å². The van der Waals surface area contributed by atoms with Gasteiger partial charge in [-0.1, -0.05) is 0 Å². The molecule has 1 aromatic rings. The second kappa shape index (κ2) is 3.40. The van der Waals surface area contributed by atoms with Gasteiger partial charge in [0.15, 0.2) is 0 Å². The van der Waals surface area contributed by atoms with E-state index < -0.39 is 0 Å². The summed E-state index contributed by atoms with van der Waals surface area (Å²) < 4.78 is 1.54. The summed E-state index contributed by atoms with van der Waals surface area (Å²) in [6.07, 6.45) is 1.61. The van der Waals surface area contributed by atoms with Crippen LogP contribution in [0.1, 0.15) is 13.0 Å². The van der Waals surface area contributed by atoms with E-state index in [4.69, 9.17) is 11.5 Å². The van der Waals surface area contributed by atoms with Crippen LogP contribution in [0.3, 0.4) is 0 Å². The molecule has 0 spiro atoms. The number of nitrogen functional groups attached to an aromatic ring is 1. The van der Waals surface area contributed by atoms with Crippen molar-refractivity contribution in [3.63, 3.8) is 0 Å². The Morgan fingerprint density at radius 3 is 2.83 bits per heavy atom. The number of rotatable bonds is 2. The van der Waals surface area contributed by atoms with Gasteiger partial charge in [0.25, 0.3) is 5.56 Å². The van der Waals surface area contributed by atoms with Crippen molar-refractivity contribution in [3.8, 4) is 0 Å². The van der Waals surface area contributed by atoms with Crippen LogP contribution in [-0.2, 0) is 0 Å². The molecule has 0 saturated heterocycles. The van der Waals surface area contributed by atoms with Crippen molar-refractivity contribution < 1.29 is 0 Å². The number of aromatic nitrogens is 1. The molecule has 0 aliphatic rings. The molecule has 4 heteroatoms. The minimum Gasteiger partial charge on any atom is -0.398 e. The third kappa shape index (κ3) is 1.65. The monoisotopic (exact) mass is 167 g/mol. The van der Waals surface area contributed by atoms with Gasteiger partial charge in [-0.25, -0.2) is 0 Å². The van der Waals surface area contributed by atoms with Crippen LogP contribution in [0.15, 0.2) is 23.1 Å². The lowest BCUT2D eigenvalue weighted by Crippen LogP contribution is -2.26. The first-order chi connectivity index (χ1) is 5.65. The van der Waals surface area contributed by atoms with Gasteiger partial charge in [0.1, 0.15) is 0 Å². The molecule has 0 aliphatic carbocycles. The quantitative estimate of drug-likeness (QED) is 0.648. The highest BCUT2D eigenvalue weighted by molar-refractivity contribution is 5.33. The molecule has 0 radical (unpaired) electrons. The van der Waals surface area contributed by atoms with E-state index in [9.17, 15) is 4.79 Å². The molecule has 1 heterocycles. The minimum absolute atomic E-state index is 0.000926. The van der Waals surface area contributed by atoms with Gasteiger partial charge in [0, 0.05) is 30.5 Å². The van der Waals surface area contributed by atoms with Crippen LogP contribution in [0.5, 0.6) is 0 Å². The molecule has 0 amide bonds. The van der Waals surface area contributed by atoms with E-state index in [2.05, 4.69) is 0 Å². The molecule has 12 heavy (non-hydrogen) atoms. The molecular weight excluding hydrogens is 154 g/mol. The zero-order valence-electron chi connectivity index (χ0n) is 7.03. The van der Waals surface area contributed by atoms with E-state index in [0.29, 0.717) is 12.2 Å². The lowest BCUT2D eigenvalue weighted by molar-refractivity contribution is 0.541. The van der Waals surface area contributed by atoms with E-state index in [-0.39, 0.29) is 11.6 Å². The third-order valence-electron chi connectivity index (χ3n) is 1.78. The second-order valence-electron chi connectivity index (χ2n) is 2.79. The Hall–Kier alpha value is -1.29. The number of hydrogen-bond acceptors (Lipinski definition) is 3. The topological polar surface area (TPSA) is 74.0 Å². The molecule has 4 N–H and O–H groups in total. The predicted molar refractivity (Wildman–Crippen MR) is 48.9 cm³/mol. The SMILES string of the molecule is CC(CN)n1cc(N)ccc1=O. The number of anilines is 1. The Labute approximate surface area is 70.8 Å². The molecule has 66 valence electrons. The van der Waals surface area contributed by atoms with Gasteiger partial charge in [-0.3, -0.25) is 4.79 Å². The average Bonchev–Trinajstić information content (AvgIpc) is 2.08. The van der Waals surface area contributed by atoms with Gasteiger partial charge in [0.05, 0.1) is 0 Å². The Bertz CT molecular complexity index is 318. The summed E-state index contributed by atoms with van der Waals surface area (Å²) in [5, 5.41) is 0. The number of nitrogens with two attached hydrogens (primary N) is 2. The molecule has 4 nitrogen and oxygen atoms in total. The highest BCUT2D eigenvalue weighted by Gasteiger charge is 2.03. The summed E-state index contributed by atoms with van der Waals surface area (Å²) in [6.45, 7) is 2.31. The van der Waals surface area contributed by atoms with E-state index in [0.717, 1.165) is 0 Å². The molecule has 1 rings (SSSR count). The molecule has 0 aliphatic heterocycles. The van der Waals surface area contributed by atoms with Crippen LogP contribution in [-0.4, -0.2) is 11.1 Å². The maximum absolute atomic E-state index is 11.2. The van der Waals surface area contributed by atoms with Gasteiger partial charge in [0.2, 0.25) is 0 Å². The predicted octanol–water partition coefficient (Wildman–Crippen LogP) is -0.0498. The largest absolute Gasteiger partial charge is 0.398 e.